The summed E-state index contributed by atoms with van der Waals surface area (Å²) in [6, 6.07) is 6.54. The normalized spacial score (nSPS) is 20.3. The molecule has 0 bridgehead atoms. The molecule has 27 heavy (non-hydrogen) atoms. The summed E-state index contributed by atoms with van der Waals surface area (Å²) in [7, 11) is -3.59. The highest BCUT2D eigenvalue weighted by Crippen LogP contribution is 2.22. The zero-order chi connectivity index (χ0) is 19.6. The van der Waals surface area contributed by atoms with E-state index in [1.54, 1.807) is 24.3 Å². The van der Waals surface area contributed by atoms with E-state index in [9.17, 15) is 22.8 Å². The van der Waals surface area contributed by atoms with E-state index in [1.165, 1.54) is 4.31 Å². The number of aliphatic carboxylic acids is 1. The molecule has 1 fully saturated rings. The van der Waals surface area contributed by atoms with E-state index in [0.29, 0.717) is 17.5 Å². The molecule has 1 atom stereocenters. The molecule has 1 N–H and O–H groups in total. The molecule has 0 aliphatic carbocycles. The van der Waals surface area contributed by atoms with Crippen molar-refractivity contribution in [2.24, 2.45) is 5.92 Å². The van der Waals surface area contributed by atoms with Crippen molar-refractivity contribution in [1.29, 1.82) is 0 Å². The third-order valence-electron chi connectivity index (χ3n) is 4.72. The van der Waals surface area contributed by atoms with Gasteiger partial charge in [-0.2, -0.15) is 0 Å². The number of carboxylic acids is 1. The third-order valence-corrected chi connectivity index (χ3v) is 6.52. The summed E-state index contributed by atoms with van der Waals surface area (Å²) in [5.41, 5.74) is 0.708. The molecule has 0 saturated carbocycles. The number of amides is 2. The number of hydrogen-bond donors (Lipinski definition) is 1. The standard InChI is InChI=1S/C17H20N2O7S/c20-15-13-3-1-2-4-14(13)16(21)19(15)7-8-26-9-10-27(24,25)18-6-5-12(11-18)17(22)23/h1-4,12H,5-11H2,(H,22,23). The van der Waals surface area contributed by atoms with Gasteiger partial charge in [-0.05, 0) is 18.6 Å². The van der Waals surface area contributed by atoms with Crippen molar-refractivity contribution in [3.63, 3.8) is 0 Å². The Bertz CT molecular complexity index is 833. The van der Waals surface area contributed by atoms with Crippen molar-refractivity contribution < 1.29 is 32.6 Å². The maximum atomic E-state index is 12.2. The van der Waals surface area contributed by atoms with Crippen molar-refractivity contribution in [2.75, 3.05) is 38.6 Å². The predicted octanol–water partition coefficient (Wildman–Crippen LogP) is 0.0355. The summed E-state index contributed by atoms with van der Waals surface area (Å²) in [5, 5.41) is 8.95. The zero-order valence-electron chi connectivity index (χ0n) is 14.5. The number of nitrogens with zero attached hydrogens (tertiary/aromatic N) is 2. The van der Waals surface area contributed by atoms with Crippen molar-refractivity contribution in [2.45, 2.75) is 6.42 Å². The van der Waals surface area contributed by atoms with Gasteiger partial charge in [-0.1, -0.05) is 12.1 Å². The number of carbonyl (C=O) groups excluding carboxylic acids is 2. The SMILES string of the molecule is O=C(O)C1CCN(S(=O)(=O)CCOCCN2C(=O)c3ccccc3C2=O)C1. The lowest BCUT2D eigenvalue weighted by Crippen LogP contribution is -2.35. The van der Waals surface area contributed by atoms with Gasteiger partial charge in [-0.25, -0.2) is 12.7 Å². The Hall–Kier alpha value is -2.30. The van der Waals surface area contributed by atoms with Crippen LogP contribution in [0.4, 0.5) is 0 Å². The van der Waals surface area contributed by atoms with E-state index >= 15 is 0 Å². The Morgan fingerprint density at radius 2 is 1.78 bits per heavy atom. The summed E-state index contributed by atoms with van der Waals surface area (Å²) < 4.78 is 30.9. The molecule has 1 aromatic carbocycles. The lowest BCUT2D eigenvalue weighted by molar-refractivity contribution is -0.141. The minimum absolute atomic E-state index is 0.0211. The minimum atomic E-state index is -3.59. The summed E-state index contributed by atoms with van der Waals surface area (Å²) in [6.45, 7) is 0.136. The van der Waals surface area contributed by atoms with Crippen LogP contribution >= 0.6 is 0 Å². The first kappa shape index (κ1) is 19.5. The quantitative estimate of drug-likeness (QED) is 0.486. The molecule has 2 amide bonds. The van der Waals surface area contributed by atoms with Crippen molar-refractivity contribution in [3.8, 4) is 0 Å². The molecule has 3 rings (SSSR count). The number of hydrogen-bond acceptors (Lipinski definition) is 6. The van der Waals surface area contributed by atoms with E-state index in [1.807, 2.05) is 0 Å². The lowest BCUT2D eigenvalue weighted by atomic mass is 10.1. The lowest BCUT2D eigenvalue weighted by Gasteiger charge is -2.17. The van der Waals surface area contributed by atoms with Gasteiger partial charge in [0.15, 0.2) is 0 Å². The number of ether oxygens (including phenoxy) is 1. The molecule has 2 aliphatic rings. The monoisotopic (exact) mass is 396 g/mol. The largest absolute Gasteiger partial charge is 0.481 e. The van der Waals surface area contributed by atoms with Gasteiger partial charge in [0.2, 0.25) is 10.0 Å². The van der Waals surface area contributed by atoms with E-state index in [4.69, 9.17) is 9.84 Å². The molecular formula is C17H20N2O7S. The molecule has 2 heterocycles. The van der Waals surface area contributed by atoms with E-state index < -0.39 is 21.9 Å². The van der Waals surface area contributed by atoms with Gasteiger partial charge < -0.3 is 9.84 Å². The molecule has 0 radical (unpaired) electrons. The van der Waals surface area contributed by atoms with E-state index in [2.05, 4.69) is 0 Å². The number of rotatable bonds is 8. The Balaban J connectivity index is 1.43. The van der Waals surface area contributed by atoms with Gasteiger partial charge in [0.05, 0.1) is 42.6 Å². The average Bonchev–Trinajstić information content (AvgIpc) is 3.22. The Morgan fingerprint density at radius 3 is 2.33 bits per heavy atom. The number of imide groups is 1. The highest BCUT2D eigenvalue weighted by Gasteiger charge is 2.36. The predicted molar refractivity (Wildman–Crippen MR) is 93.7 cm³/mol. The first-order chi connectivity index (χ1) is 12.8. The second-order valence-electron chi connectivity index (χ2n) is 6.42. The molecule has 0 aromatic heterocycles. The van der Waals surface area contributed by atoms with Gasteiger partial charge in [-0.3, -0.25) is 19.3 Å². The third kappa shape index (κ3) is 4.02. The Kier molecular flexibility index (Phi) is 5.59. The number of sulfonamides is 1. The number of fused-ring (bicyclic) bond motifs is 1. The van der Waals surface area contributed by atoms with E-state index in [-0.39, 0.29) is 50.4 Å². The summed E-state index contributed by atoms with van der Waals surface area (Å²) in [4.78, 5) is 36.4. The summed E-state index contributed by atoms with van der Waals surface area (Å²) in [6.07, 6.45) is 0.301. The number of carbonyl (C=O) groups is 3. The number of carboxylic acid groups (broad SMARTS) is 1. The smallest absolute Gasteiger partial charge is 0.307 e. The second-order valence-corrected chi connectivity index (χ2v) is 8.51. The topological polar surface area (TPSA) is 121 Å². The average molecular weight is 396 g/mol. The molecule has 1 saturated heterocycles. The maximum absolute atomic E-state index is 12.2. The van der Waals surface area contributed by atoms with Crippen LogP contribution in [0.25, 0.3) is 0 Å². The van der Waals surface area contributed by atoms with Crippen LogP contribution in [-0.2, 0) is 19.6 Å². The first-order valence-electron chi connectivity index (χ1n) is 8.55. The Morgan fingerprint density at radius 1 is 1.15 bits per heavy atom. The molecule has 2 aliphatic heterocycles. The van der Waals surface area contributed by atoms with Crippen LogP contribution in [0.3, 0.4) is 0 Å². The molecule has 1 aromatic rings. The first-order valence-corrected chi connectivity index (χ1v) is 10.2. The fraction of sp³-hybridized carbons (Fsp3) is 0.471. The van der Waals surface area contributed by atoms with Crippen LogP contribution < -0.4 is 0 Å². The van der Waals surface area contributed by atoms with Crippen molar-refractivity contribution >= 4 is 27.8 Å². The van der Waals surface area contributed by atoms with Gasteiger partial charge in [0, 0.05) is 13.1 Å². The molecule has 10 heteroatoms. The molecule has 1 unspecified atom stereocenters. The maximum Gasteiger partial charge on any atom is 0.307 e. The second kappa shape index (κ2) is 7.75. The van der Waals surface area contributed by atoms with Crippen LogP contribution in [0.5, 0.6) is 0 Å². The van der Waals surface area contributed by atoms with Crippen LogP contribution in [0.2, 0.25) is 0 Å². The molecule has 0 spiro atoms. The van der Waals surface area contributed by atoms with Crippen LogP contribution in [0, 0.1) is 5.92 Å². The summed E-state index contributed by atoms with van der Waals surface area (Å²) in [5.74, 6) is -2.71. The minimum Gasteiger partial charge on any atom is -0.481 e. The molecule has 9 nitrogen and oxygen atoms in total. The van der Waals surface area contributed by atoms with Crippen LogP contribution in [0.15, 0.2) is 24.3 Å². The van der Waals surface area contributed by atoms with E-state index in [0.717, 1.165) is 4.90 Å². The summed E-state index contributed by atoms with van der Waals surface area (Å²) >= 11 is 0. The molecular weight excluding hydrogens is 376 g/mol. The van der Waals surface area contributed by atoms with Gasteiger partial charge >= 0.3 is 5.97 Å². The fourth-order valence-corrected chi connectivity index (χ4v) is 4.55. The van der Waals surface area contributed by atoms with Gasteiger partial charge in [0.1, 0.15) is 0 Å². The van der Waals surface area contributed by atoms with Gasteiger partial charge in [-0.15, -0.1) is 0 Å². The van der Waals surface area contributed by atoms with Crippen molar-refractivity contribution in [1.82, 2.24) is 9.21 Å². The van der Waals surface area contributed by atoms with Crippen LogP contribution in [0.1, 0.15) is 27.1 Å². The van der Waals surface area contributed by atoms with Crippen molar-refractivity contribution in [3.05, 3.63) is 35.4 Å². The fourth-order valence-electron chi connectivity index (χ4n) is 3.18. The highest BCUT2D eigenvalue weighted by atomic mass is 32.2. The van der Waals surface area contributed by atoms with Gasteiger partial charge in [0.25, 0.3) is 11.8 Å². The van der Waals surface area contributed by atoms with Crippen LogP contribution in [-0.4, -0.2) is 79.1 Å². The molecule has 146 valence electrons. The zero-order valence-corrected chi connectivity index (χ0v) is 15.4. The highest BCUT2D eigenvalue weighted by molar-refractivity contribution is 7.89. The number of benzene rings is 1. The Labute approximate surface area is 156 Å².